The van der Waals surface area contributed by atoms with E-state index in [-0.39, 0.29) is 11.0 Å². The van der Waals surface area contributed by atoms with E-state index in [0.29, 0.717) is 19.1 Å². The van der Waals surface area contributed by atoms with Crippen LogP contribution in [0.3, 0.4) is 0 Å². The van der Waals surface area contributed by atoms with E-state index in [0.717, 1.165) is 5.69 Å². The zero-order valence-corrected chi connectivity index (χ0v) is 12.4. The van der Waals surface area contributed by atoms with E-state index in [9.17, 15) is 8.42 Å². The highest BCUT2D eigenvalue weighted by atomic mass is 32.2. The highest BCUT2D eigenvalue weighted by Crippen LogP contribution is 2.04. The van der Waals surface area contributed by atoms with Crippen LogP contribution < -0.4 is 5.32 Å². The summed E-state index contributed by atoms with van der Waals surface area (Å²) in [6.45, 7) is 8.69. The maximum Gasteiger partial charge on any atom is 0.154 e. The predicted molar refractivity (Wildman–Crippen MR) is 73.1 cm³/mol. The van der Waals surface area contributed by atoms with Crippen LogP contribution in [0.1, 0.15) is 33.4 Å². The van der Waals surface area contributed by atoms with Crippen LogP contribution in [0.25, 0.3) is 0 Å². The van der Waals surface area contributed by atoms with Crippen molar-refractivity contribution < 1.29 is 8.42 Å². The molecule has 18 heavy (non-hydrogen) atoms. The summed E-state index contributed by atoms with van der Waals surface area (Å²) < 4.78 is 25.3. The molecule has 1 rings (SSSR count). The molecule has 0 amide bonds. The van der Waals surface area contributed by atoms with Gasteiger partial charge in [0.05, 0.1) is 23.2 Å². The van der Waals surface area contributed by atoms with E-state index in [1.54, 1.807) is 24.7 Å². The molecular weight excluding hydrogens is 250 g/mol. The fourth-order valence-electron chi connectivity index (χ4n) is 1.47. The van der Waals surface area contributed by atoms with Crippen molar-refractivity contribution in [3.63, 3.8) is 0 Å². The maximum absolute atomic E-state index is 11.7. The minimum Gasteiger partial charge on any atom is -0.309 e. The second-order valence-electron chi connectivity index (χ2n) is 5.00. The number of nitrogens with one attached hydrogen (secondary N) is 1. The molecule has 1 aromatic rings. The fraction of sp³-hybridized carbons (Fsp3) is 0.750. The van der Waals surface area contributed by atoms with Gasteiger partial charge in [-0.2, -0.15) is 5.10 Å². The Morgan fingerprint density at radius 2 is 2.00 bits per heavy atom. The lowest BCUT2D eigenvalue weighted by Crippen LogP contribution is -2.26. The highest BCUT2D eigenvalue weighted by molar-refractivity contribution is 7.91. The average molecular weight is 273 g/mol. The minimum atomic E-state index is -3.00. The standard InChI is InChI=1S/C12H23N3O2S/c1-10(2)13-9-12-5-6-14-15(12)7-8-18(16,17)11(3)4/h5-6,10-11,13H,7-9H2,1-4H3. The molecule has 0 aliphatic carbocycles. The van der Waals surface area contributed by atoms with Gasteiger partial charge in [0.15, 0.2) is 9.84 Å². The Balaban J connectivity index is 2.61. The molecule has 1 N–H and O–H groups in total. The van der Waals surface area contributed by atoms with Crippen LogP contribution in [0.5, 0.6) is 0 Å². The SMILES string of the molecule is CC(C)NCc1ccnn1CCS(=O)(=O)C(C)C. The van der Waals surface area contributed by atoms with E-state index in [1.165, 1.54) is 0 Å². The molecule has 0 radical (unpaired) electrons. The molecule has 6 heteroatoms. The lowest BCUT2D eigenvalue weighted by atomic mass is 10.3. The third kappa shape index (κ3) is 4.42. The number of aryl methyl sites for hydroxylation is 1. The second kappa shape index (κ2) is 6.33. The third-order valence-corrected chi connectivity index (χ3v) is 4.99. The number of sulfone groups is 1. The van der Waals surface area contributed by atoms with Crippen LogP contribution >= 0.6 is 0 Å². The summed E-state index contributed by atoms with van der Waals surface area (Å²) in [5.74, 6) is 0.140. The van der Waals surface area contributed by atoms with Crippen molar-refractivity contribution in [3.05, 3.63) is 18.0 Å². The molecule has 1 aromatic heterocycles. The van der Waals surface area contributed by atoms with Crippen molar-refractivity contribution >= 4 is 9.84 Å². The normalized spacial score (nSPS) is 12.6. The molecule has 0 bridgehead atoms. The van der Waals surface area contributed by atoms with Gasteiger partial charge in [0, 0.05) is 18.8 Å². The van der Waals surface area contributed by atoms with Gasteiger partial charge in [0.2, 0.25) is 0 Å². The van der Waals surface area contributed by atoms with Gasteiger partial charge in [0.25, 0.3) is 0 Å². The lowest BCUT2D eigenvalue weighted by molar-refractivity contribution is 0.533. The Morgan fingerprint density at radius 3 is 2.56 bits per heavy atom. The monoisotopic (exact) mass is 273 g/mol. The molecule has 0 aliphatic heterocycles. The van der Waals surface area contributed by atoms with Gasteiger partial charge in [-0.15, -0.1) is 0 Å². The Labute approximate surface area is 109 Å². The van der Waals surface area contributed by atoms with Gasteiger partial charge in [-0.25, -0.2) is 8.42 Å². The number of hydrogen-bond donors (Lipinski definition) is 1. The average Bonchev–Trinajstić information content (AvgIpc) is 2.70. The van der Waals surface area contributed by atoms with E-state index in [2.05, 4.69) is 24.3 Å². The summed E-state index contributed by atoms with van der Waals surface area (Å²) in [5, 5.41) is 7.14. The smallest absolute Gasteiger partial charge is 0.154 e. The van der Waals surface area contributed by atoms with E-state index >= 15 is 0 Å². The molecule has 5 nitrogen and oxygen atoms in total. The van der Waals surface area contributed by atoms with Gasteiger partial charge in [-0.3, -0.25) is 4.68 Å². The first-order chi connectivity index (χ1) is 8.33. The van der Waals surface area contributed by atoms with Crippen LogP contribution in [0.15, 0.2) is 12.3 Å². The van der Waals surface area contributed by atoms with Crippen molar-refractivity contribution in [2.45, 2.75) is 52.1 Å². The topological polar surface area (TPSA) is 64.0 Å². The van der Waals surface area contributed by atoms with Gasteiger partial charge in [-0.1, -0.05) is 13.8 Å². The molecule has 0 unspecified atom stereocenters. The first-order valence-electron chi connectivity index (χ1n) is 6.28. The molecule has 1 heterocycles. The molecule has 0 saturated heterocycles. The Hall–Kier alpha value is -0.880. The second-order valence-corrected chi connectivity index (χ2v) is 7.67. The molecule has 0 atom stereocenters. The number of rotatable bonds is 7. The van der Waals surface area contributed by atoms with Crippen LogP contribution in [-0.4, -0.2) is 35.2 Å². The van der Waals surface area contributed by atoms with Crippen LogP contribution in [0, 0.1) is 0 Å². The highest BCUT2D eigenvalue weighted by Gasteiger charge is 2.16. The Morgan fingerprint density at radius 1 is 1.33 bits per heavy atom. The van der Waals surface area contributed by atoms with Crippen molar-refractivity contribution in [1.29, 1.82) is 0 Å². The molecule has 0 spiro atoms. The third-order valence-electron chi connectivity index (χ3n) is 2.80. The maximum atomic E-state index is 11.7. The first-order valence-corrected chi connectivity index (χ1v) is 8.00. The predicted octanol–water partition coefficient (Wildman–Crippen LogP) is 1.20. The molecule has 0 saturated carbocycles. The van der Waals surface area contributed by atoms with Crippen molar-refractivity contribution in [2.75, 3.05) is 5.75 Å². The first kappa shape index (κ1) is 15.2. The van der Waals surface area contributed by atoms with Gasteiger partial charge in [-0.05, 0) is 19.9 Å². The van der Waals surface area contributed by atoms with Crippen molar-refractivity contribution in [3.8, 4) is 0 Å². The molecular formula is C12H23N3O2S. The largest absolute Gasteiger partial charge is 0.309 e. The van der Waals surface area contributed by atoms with Crippen LogP contribution in [0.2, 0.25) is 0 Å². The molecule has 0 aliphatic rings. The lowest BCUT2D eigenvalue weighted by Gasteiger charge is -2.12. The number of hydrogen-bond acceptors (Lipinski definition) is 4. The summed E-state index contributed by atoms with van der Waals surface area (Å²) in [6, 6.07) is 2.31. The van der Waals surface area contributed by atoms with Crippen molar-refractivity contribution in [1.82, 2.24) is 15.1 Å². The summed E-state index contributed by atoms with van der Waals surface area (Å²) in [6.07, 6.45) is 1.71. The molecule has 0 aromatic carbocycles. The van der Waals surface area contributed by atoms with E-state index < -0.39 is 9.84 Å². The number of aromatic nitrogens is 2. The molecule has 0 fully saturated rings. The summed E-state index contributed by atoms with van der Waals surface area (Å²) in [5.41, 5.74) is 1.02. The molecule has 104 valence electrons. The van der Waals surface area contributed by atoms with E-state index in [4.69, 9.17) is 0 Å². The Kier molecular flexibility index (Phi) is 5.34. The van der Waals surface area contributed by atoms with Crippen LogP contribution in [0.4, 0.5) is 0 Å². The fourth-order valence-corrected chi connectivity index (χ4v) is 2.37. The van der Waals surface area contributed by atoms with Gasteiger partial charge >= 0.3 is 0 Å². The summed E-state index contributed by atoms with van der Waals surface area (Å²) >= 11 is 0. The number of nitrogens with zero attached hydrogens (tertiary/aromatic N) is 2. The zero-order chi connectivity index (χ0) is 13.8. The van der Waals surface area contributed by atoms with Gasteiger partial charge in [0.1, 0.15) is 0 Å². The van der Waals surface area contributed by atoms with Crippen molar-refractivity contribution in [2.24, 2.45) is 0 Å². The zero-order valence-electron chi connectivity index (χ0n) is 11.5. The quantitative estimate of drug-likeness (QED) is 0.811. The minimum absolute atomic E-state index is 0.140. The Bertz CT molecular complexity index is 463. The summed E-state index contributed by atoms with van der Waals surface area (Å²) in [7, 11) is -3.00. The van der Waals surface area contributed by atoms with Gasteiger partial charge < -0.3 is 5.32 Å². The summed E-state index contributed by atoms with van der Waals surface area (Å²) in [4.78, 5) is 0. The van der Waals surface area contributed by atoms with Crippen LogP contribution in [-0.2, 0) is 22.9 Å². The van der Waals surface area contributed by atoms with E-state index in [1.807, 2.05) is 6.07 Å².